The van der Waals surface area contributed by atoms with Crippen molar-refractivity contribution < 1.29 is 28.7 Å². The number of fused-ring (bicyclic) bond motifs is 1. The average Bonchev–Trinajstić information content (AvgIpc) is 3.52. The third-order valence-electron chi connectivity index (χ3n) is 9.56. The van der Waals surface area contributed by atoms with Gasteiger partial charge < -0.3 is 42.4 Å². The molecule has 5 atom stereocenters. The molecular weight excluding hydrogens is 638 g/mol. The minimum absolute atomic E-state index is 0.0121. The number of nitrogens with one attached hydrogen (secondary N) is 2. The molecule has 0 aromatic heterocycles. The van der Waals surface area contributed by atoms with Gasteiger partial charge in [0.1, 0.15) is 23.7 Å². The van der Waals surface area contributed by atoms with Gasteiger partial charge in [0, 0.05) is 26.1 Å². The number of esters is 1. The summed E-state index contributed by atoms with van der Waals surface area (Å²) in [5.41, 5.74) is 19.9. The lowest BCUT2D eigenvalue weighted by atomic mass is 9.91. The summed E-state index contributed by atoms with van der Waals surface area (Å²) in [5.74, 6) is -2.30. The lowest BCUT2D eigenvalue weighted by Gasteiger charge is -2.38. The lowest BCUT2D eigenvalue weighted by molar-refractivity contribution is -0.147. The highest BCUT2D eigenvalue weighted by Gasteiger charge is 2.45. The highest BCUT2D eigenvalue weighted by Crippen LogP contribution is 2.26. The van der Waals surface area contributed by atoms with Crippen molar-refractivity contribution in [1.29, 1.82) is 0 Å². The average molecular weight is 692 g/mol. The second-order valence-corrected chi connectivity index (χ2v) is 13.9. The lowest BCUT2D eigenvalue weighted by Crippen LogP contribution is -2.60. The van der Waals surface area contributed by atoms with E-state index in [1.54, 1.807) is 0 Å². The second kappa shape index (κ2) is 17.6. The van der Waals surface area contributed by atoms with E-state index in [9.17, 15) is 24.0 Å². The van der Waals surface area contributed by atoms with Crippen molar-refractivity contribution in [3.63, 3.8) is 0 Å². The van der Waals surface area contributed by atoms with Crippen LogP contribution in [0.4, 0.5) is 0 Å². The molecular formula is C37H53N7O6. The highest BCUT2D eigenvalue weighted by atomic mass is 16.5. The van der Waals surface area contributed by atoms with Crippen molar-refractivity contribution >= 4 is 29.6 Å². The van der Waals surface area contributed by atoms with E-state index in [1.165, 1.54) is 16.9 Å². The number of amides is 4. The van der Waals surface area contributed by atoms with Crippen LogP contribution in [0.15, 0.2) is 54.6 Å². The van der Waals surface area contributed by atoms with Crippen LogP contribution in [0.25, 0.3) is 0 Å². The summed E-state index contributed by atoms with van der Waals surface area (Å²) in [6.45, 7) is 4.70. The minimum atomic E-state index is -1.32. The minimum Gasteiger partial charge on any atom is -0.468 e. The molecule has 1 unspecified atom stereocenters. The van der Waals surface area contributed by atoms with Gasteiger partial charge in [0.2, 0.25) is 23.6 Å². The molecule has 0 aliphatic carbocycles. The maximum absolute atomic E-state index is 14.1. The Morgan fingerprint density at radius 2 is 1.62 bits per heavy atom. The molecule has 0 bridgehead atoms. The number of ether oxygens (including phenoxy) is 1. The summed E-state index contributed by atoms with van der Waals surface area (Å²) in [6, 6.07) is 13.5. The number of nitrogens with two attached hydrogens (primary N) is 3. The Labute approximate surface area is 294 Å². The Morgan fingerprint density at radius 1 is 0.940 bits per heavy atom. The van der Waals surface area contributed by atoms with E-state index in [1.807, 2.05) is 68.4 Å². The summed E-state index contributed by atoms with van der Waals surface area (Å²) in [6.07, 6.45) is 2.64. The summed E-state index contributed by atoms with van der Waals surface area (Å²) in [5, 5.41) is 5.82. The van der Waals surface area contributed by atoms with E-state index in [0.29, 0.717) is 38.6 Å². The number of methoxy groups -OCH3 is 1. The van der Waals surface area contributed by atoms with Gasteiger partial charge in [-0.15, -0.1) is 0 Å². The SMILES string of the molecule is COC(=O)C1(N)CCN(C(=O)[C@@H](CCCCN)NC(=O)[C@@H](CC(C)C)NC(=O)[C@@H]2Cc3ccccc3CN2C(=O)[C@H](N)Cc2ccccc2)C1. The first-order valence-electron chi connectivity index (χ1n) is 17.5. The van der Waals surface area contributed by atoms with Gasteiger partial charge in [0.25, 0.3) is 0 Å². The predicted molar refractivity (Wildman–Crippen MR) is 189 cm³/mol. The van der Waals surface area contributed by atoms with Gasteiger partial charge in [0.05, 0.1) is 13.2 Å². The Bertz CT molecular complexity index is 1500. The Morgan fingerprint density at radius 3 is 2.28 bits per heavy atom. The fourth-order valence-corrected chi connectivity index (χ4v) is 6.76. The van der Waals surface area contributed by atoms with E-state index < -0.39 is 47.5 Å². The molecule has 4 amide bonds. The van der Waals surface area contributed by atoms with E-state index in [2.05, 4.69) is 10.6 Å². The highest BCUT2D eigenvalue weighted by molar-refractivity contribution is 5.95. The molecule has 1 saturated heterocycles. The zero-order chi connectivity index (χ0) is 36.4. The molecule has 2 aromatic carbocycles. The zero-order valence-electron chi connectivity index (χ0n) is 29.4. The topological polar surface area (TPSA) is 203 Å². The largest absolute Gasteiger partial charge is 0.468 e. The summed E-state index contributed by atoms with van der Waals surface area (Å²) < 4.78 is 4.85. The number of nitrogens with zero attached hydrogens (tertiary/aromatic N) is 2. The number of benzene rings is 2. The molecule has 272 valence electrons. The van der Waals surface area contributed by atoms with Crippen LogP contribution in [0.3, 0.4) is 0 Å². The molecule has 2 aromatic rings. The fraction of sp³-hybridized carbons (Fsp3) is 0.541. The number of carbonyl (C=O) groups is 5. The smallest absolute Gasteiger partial charge is 0.327 e. The van der Waals surface area contributed by atoms with Crippen LogP contribution in [0.5, 0.6) is 0 Å². The molecule has 1 fully saturated rings. The molecule has 0 spiro atoms. The Hall–Kier alpha value is -4.33. The Balaban J connectivity index is 1.53. The van der Waals surface area contributed by atoms with Gasteiger partial charge in [-0.05, 0) is 67.7 Å². The monoisotopic (exact) mass is 691 g/mol. The maximum atomic E-state index is 14.1. The van der Waals surface area contributed by atoms with Gasteiger partial charge in [-0.25, -0.2) is 4.79 Å². The molecule has 13 heteroatoms. The first-order valence-corrected chi connectivity index (χ1v) is 17.5. The van der Waals surface area contributed by atoms with Gasteiger partial charge in [0.15, 0.2) is 0 Å². The van der Waals surface area contributed by atoms with Crippen molar-refractivity contribution in [3.05, 3.63) is 71.3 Å². The van der Waals surface area contributed by atoms with Gasteiger partial charge in [-0.2, -0.15) is 0 Å². The number of unbranched alkanes of at least 4 members (excludes halogenated alkanes) is 1. The molecule has 13 nitrogen and oxygen atoms in total. The third kappa shape index (κ3) is 9.67. The number of hydrogen-bond acceptors (Lipinski definition) is 9. The molecule has 8 N–H and O–H groups in total. The number of hydrogen-bond donors (Lipinski definition) is 5. The van der Waals surface area contributed by atoms with Crippen LogP contribution < -0.4 is 27.8 Å². The van der Waals surface area contributed by atoms with E-state index in [4.69, 9.17) is 21.9 Å². The van der Waals surface area contributed by atoms with Crippen molar-refractivity contribution in [3.8, 4) is 0 Å². The van der Waals surface area contributed by atoms with Crippen molar-refractivity contribution in [2.45, 2.75) is 95.0 Å². The standard InChI is InChI=1S/C37H53N7O6/c1-24(2)19-30(32(45)41-29(15-9-10-17-38)35(48)43-18-16-37(40,23-43)36(49)50-3)42-33(46)31-21-26-13-7-8-14-27(26)22-44(31)34(47)28(39)20-25-11-5-4-6-12-25/h4-8,11-14,24,28-31H,9-10,15-23,38-40H2,1-3H3,(H,41,45)(H,42,46)/t28-,29-,30-,31+,37?/m1/s1. The second-order valence-electron chi connectivity index (χ2n) is 13.9. The molecule has 4 rings (SSSR count). The van der Waals surface area contributed by atoms with Crippen molar-refractivity contribution in [1.82, 2.24) is 20.4 Å². The molecule has 0 saturated carbocycles. The Kier molecular flexibility index (Phi) is 13.5. The van der Waals surface area contributed by atoms with Crippen molar-refractivity contribution in [2.24, 2.45) is 23.1 Å². The third-order valence-corrected chi connectivity index (χ3v) is 9.56. The van der Waals surface area contributed by atoms with E-state index in [0.717, 1.165) is 16.7 Å². The van der Waals surface area contributed by atoms with E-state index in [-0.39, 0.29) is 50.2 Å². The molecule has 50 heavy (non-hydrogen) atoms. The summed E-state index contributed by atoms with van der Waals surface area (Å²) >= 11 is 0. The van der Waals surface area contributed by atoms with Gasteiger partial charge in [-0.1, -0.05) is 68.4 Å². The molecule has 2 aliphatic rings. The van der Waals surface area contributed by atoms with Gasteiger partial charge >= 0.3 is 5.97 Å². The number of carbonyl (C=O) groups excluding carboxylic acids is 5. The predicted octanol–water partition coefficient (Wildman–Crippen LogP) is 0.757. The normalized spacial score (nSPS) is 20.4. The van der Waals surface area contributed by atoms with Crippen LogP contribution in [0.1, 0.15) is 62.6 Å². The van der Waals surface area contributed by atoms with Crippen LogP contribution in [0, 0.1) is 5.92 Å². The van der Waals surface area contributed by atoms with Gasteiger partial charge in [-0.3, -0.25) is 19.2 Å². The van der Waals surface area contributed by atoms with Crippen LogP contribution in [-0.4, -0.2) is 95.8 Å². The molecule has 0 radical (unpaired) electrons. The summed E-state index contributed by atoms with van der Waals surface area (Å²) in [7, 11) is 1.25. The zero-order valence-corrected chi connectivity index (χ0v) is 29.4. The molecule has 2 heterocycles. The molecule has 2 aliphatic heterocycles. The fourth-order valence-electron chi connectivity index (χ4n) is 6.76. The first kappa shape index (κ1) is 38.5. The van der Waals surface area contributed by atoms with Crippen LogP contribution >= 0.6 is 0 Å². The van der Waals surface area contributed by atoms with Crippen LogP contribution in [-0.2, 0) is 48.1 Å². The van der Waals surface area contributed by atoms with E-state index >= 15 is 0 Å². The number of rotatable bonds is 15. The summed E-state index contributed by atoms with van der Waals surface area (Å²) in [4.78, 5) is 71.0. The quantitative estimate of drug-likeness (QED) is 0.132. The van der Waals surface area contributed by atoms with Crippen molar-refractivity contribution in [2.75, 3.05) is 26.7 Å². The number of likely N-dealkylation sites (tertiary alicyclic amines) is 1. The van der Waals surface area contributed by atoms with Crippen LogP contribution in [0.2, 0.25) is 0 Å². The maximum Gasteiger partial charge on any atom is 0.327 e. The first-order chi connectivity index (χ1) is 23.9.